The molecule has 0 saturated carbocycles. The van der Waals surface area contributed by atoms with E-state index in [1.54, 1.807) is 6.08 Å². The molecule has 178 valence electrons. The van der Waals surface area contributed by atoms with Crippen molar-refractivity contribution >= 4 is 37.7 Å². The Morgan fingerprint density at radius 2 is 1.46 bits per heavy atom. The molecule has 0 fully saturated rings. The van der Waals surface area contributed by atoms with Crippen molar-refractivity contribution in [2.24, 2.45) is 0 Å². The van der Waals surface area contributed by atoms with E-state index in [1.807, 2.05) is 6.92 Å². The summed E-state index contributed by atoms with van der Waals surface area (Å²) in [5.74, 6) is 1.39. The van der Waals surface area contributed by atoms with Crippen LogP contribution in [-0.4, -0.2) is 23.2 Å². The van der Waals surface area contributed by atoms with Gasteiger partial charge in [0, 0.05) is 39.1 Å². The Hall–Kier alpha value is -3.44. The lowest BCUT2D eigenvalue weighted by atomic mass is 9.82. The highest BCUT2D eigenvalue weighted by Crippen LogP contribution is 2.46. The first-order valence-electron chi connectivity index (χ1n) is 11.9. The molecule has 0 atom stereocenters. The minimum absolute atomic E-state index is 0.0220. The molecule has 3 aromatic carbocycles. The summed E-state index contributed by atoms with van der Waals surface area (Å²) in [7, 11) is 0. The largest absolute Gasteiger partial charge is 0.490 e. The van der Waals surface area contributed by atoms with E-state index in [2.05, 4.69) is 107 Å². The molecule has 0 aliphatic carbocycles. The molecule has 4 nitrogen and oxygen atoms in total. The number of benzene rings is 3. The number of nitrogens with one attached hydrogen (secondary N) is 2. The van der Waals surface area contributed by atoms with Crippen LogP contribution in [-0.2, 0) is 0 Å². The van der Waals surface area contributed by atoms with E-state index < -0.39 is 0 Å². The molecule has 0 unspecified atom stereocenters. The molecule has 2 N–H and O–H groups in total. The monoisotopic (exact) mass is 528 g/mol. The lowest BCUT2D eigenvalue weighted by molar-refractivity contribution is 0.295. The van der Waals surface area contributed by atoms with E-state index in [-0.39, 0.29) is 5.92 Å². The zero-order chi connectivity index (χ0) is 24.5. The lowest BCUT2D eigenvalue weighted by Crippen LogP contribution is -2.08. The standard InChI is InChI=1S/C30H29BrN2O2/c1-5-15-35-30-23(31)16-20(17-26(30)34-6-2)29(27-18(3)32-24-13-9-7-11-21(24)27)28-19(4)33-25-14-10-8-12-22(25)28/h5,7-14,16-17,29,32-33H,1,6,15H2,2-4H3. The summed E-state index contributed by atoms with van der Waals surface area (Å²) in [5, 5.41) is 2.45. The third-order valence-electron chi connectivity index (χ3n) is 6.47. The molecule has 2 heterocycles. The molecule has 0 amide bonds. The van der Waals surface area contributed by atoms with Gasteiger partial charge in [-0.3, -0.25) is 0 Å². The number of aromatic amines is 2. The topological polar surface area (TPSA) is 50.0 Å². The van der Waals surface area contributed by atoms with Gasteiger partial charge in [0.2, 0.25) is 0 Å². The Morgan fingerprint density at radius 1 is 0.886 bits per heavy atom. The molecule has 0 bridgehead atoms. The maximum atomic E-state index is 6.07. The highest BCUT2D eigenvalue weighted by Gasteiger charge is 2.29. The van der Waals surface area contributed by atoms with Crippen LogP contribution in [0.15, 0.2) is 77.8 Å². The van der Waals surface area contributed by atoms with E-state index >= 15 is 0 Å². The summed E-state index contributed by atoms with van der Waals surface area (Å²) in [4.78, 5) is 7.22. The van der Waals surface area contributed by atoms with Gasteiger partial charge < -0.3 is 19.4 Å². The molecule has 0 spiro atoms. The predicted molar refractivity (Wildman–Crippen MR) is 148 cm³/mol. The van der Waals surface area contributed by atoms with Gasteiger partial charge in [0.25, 0.3) is 0 Å². The first-order valence-corrected chi connectivity index (χ1v) is 12.7. The van der Waals surface area contributed by atoms with E-state index in [0.29, 0.717) is 19.0 Å². The van der Waals surface area contributed by atoms with Crippen LogP contribution in [0.5, 0.6) is 11.5 Å². The number of aryl methyl sites for hydroxylation is 2. The smallest absolute Gasteiger partial charge is 0.175 e. The molecule has 5 rings (SSSR count). The van der Waals surface area contributed by atoms with Gasteiger partial charge in [0.15, 0.2) is 11.5 Å². The lowest BCUT2D eigenvalue weighted by Gasteiger charge is -2.23. The summed E-state index contributed by atoms with van der Waals surface area (Å²) >= 11 is 3.77. The van der Waals surface area contributed by atoms with Crippen LogP contribution in [0, 0.1) is 13.8 Å². The fourth-order valence-electron chi connectivity index (χ4n) is 5.12. The van der Waals surface area contributed by atoms with Crippen LogP contribution in [0.25, 0.3) is 21.8 Å². The van der Waals surface area contributed by atoms with Crippen molar-refractivity contribution in [2.45, 2.75) is 26.7 Å². The quantitative estimate of drug-likeness (QED) is 0.199. The summed E-state index contributed by atoms with van der Waals surface area (Å²) in [6.07, 6.45) is 1.74. The normalized spacial score (nSPS) is 11.5. The maximum absolute atomic E-state index is 6.07. The average molecular weight is 529 g/mol. The van der Waals surface area contributed by atoms with Gasteiger partial charge in [-0.2, -0.15) is 0 Å². The minimum Gasteiger partial charge on any atom is -0.490 e. The van der Waals surface area contributed by atoms with Gasteiger partial charge in [-0.25, -0.2) is 0 Å². The number of para-hydroxylation sites is 2. The van der Waals surface area contributed by atoms with Crippen molar-refractivity contribution in [1.82, 2.24) is 9.97 Å². The first kappa shape index (κ1) is 23.3. The molecule has 0 aliphatic heterocycles. The summed E-state index contributed by atoms with van der Waals surface area (Å²) in [6.45, 7) is 11.0. The van der Waals surface area contributed by atoms with E-state index in [4.69, 9.17) is 9.47 Å². The van der Waals surface area contributed by atoms with Gasteiger partial charge in [0.1, 0.15) is 6.61 Å². The number of hydrogen-bond acceptors (Lipinski definition) is 2. The third kappa shape index (κ3) is 4.14. The summed E-state index contributed by atoms with van der Waals surface area (Å²) in [6, 6.07) is 21.3. The molecular formula is C30H29BrN2O2. The van der Waals surface area contributed by atoms with Crippen LogP contribution < -0.4 is 9.47 Å². The van der Waals surface area contributed by atoms with Crippen LogP contribution >= 0.6 is 15.9 Å². The Bertz CT molecular complexity index is 1450. The molecule has 5 heteroatoms. The second-order valence-electron chi connectivity index (χ2n) is 8.71. The molecule has 35 heavy (non-hydrogen) atoms. The Balaban J connectivity index is 1.82. The molecule has 5 aromatic rings. The van der Waals surface area contributed by atoms with Crippen molar-refractivity contribution in [3.05, 3.63) is 106 Å². The highest BCUT2D eigenvalue weighted by atomic mass is 79.9. The van der Waals surface area contributed by atoms with Crippen molar-refractivity contribution in [2.75, 3.05) is 13.2 Å². The first-order chi connectivity index (χ1) is 17.0. The zero-order valence-corrected chi connectivity index (χ0v) is 21.8. The SMILES string of the molecule is C=CCOc1c(Br)cc(C(c2c(C)[nH]c3ccccc23)c2c(C)[nH]c3ccccc23)cc1OCC. The molecule has 0 aliphatic rings. The number of aromatic nitrogens is 2. The van der Waals surface area contributed by atoms with E-state index in [1.165, 1.54) is 21.9 Å². The van der Waals surface area contributed by atoms with Crippen LogP contribution in [0.1, 0.15) is 40.9 Å². The Kier molecular flexibility index (Phi) is 6.44. The molecule has 0 saturated heterocycles. The predicted octanol–water partition coefficient (Wildman–Crippen LogP) is 8.17. The molecular weight excluding hydrogens is 500 g/mol. The van der Waals surface area contributed by atoms with Crippen molar-refractivity contribution in [3.8, 4) is 11.5 Å². The van der Waals surface area contributed by atoms with Gasteiger partial charge in [-0.15, -0.1) is 0 Å². The number of fused-ring (bicyclic) bond motifs is 2. The van der Waals surface area contributed by atoms with Crippen LogP contribution in [0.3, 0.4) is 0 Å². The zero-order valence-electron chi connectivity index (χ0n) is 20.2. The summed E-state index contributed by atoms with van der Waals surface area (Å²) in [5.41, 5.74) is 8.25. The van der Waals surface area contributed by atoms with Crippen molar-refractivity contribution in [3.63, 3.8) is 0 Å². The Labute approximate surface area is 214 Å². The van der Waals surface area contributed by atoms with Gasteiger partial charge in [-0.05, 0) is 77.7 Å². The fraction of sp³-hybridized carbons (Fsp3) is 0.200. The average Bonchev–Trinajstić information content (AvgIpc) is 3.35. The summed E-state index contributed by atoms with van der Waals surface area (Å²) < 4.78 is 12.9. The van der Waals surface area contributed by atoms with Gasteiger partial charge in [0.05, 0.1) is 11.1 Å². The van der Waals surface area contributed by atoms with E-state index in [9.17, 15) is 0 Å². The maximum Gasteiger partial charge on any atom is 0.175 e. The number of H-pyrrole nitrogens is 2. The third-order valence-corrected chi connectivity index (χ3v) is 7.06. The second kappa shape index (κ2) is 9.67. The minimum atomic E-state index is -0.0220. The second-order valence-corrected chi connectivity index (χ2v) is 9.57. The van der Waals surface area contributed by atoms with Crippen LogP contribution in [0.2, 0.25) is 0 Å². The highest BCUT2D eigenvalue weighted by molar-refractivity contribution is 9.10. The number of halogens is 1. The van der Waals surface area contributed by atoms with Gasteiger partial charge >= 0.3 is 0 Å². The molecule has 0 radical (unpaired) electrons. The van der Waals surface area contributed by atoms with Crippen molar-refractivity contribution in [1.29, 1.82) is 0 Å². The van der Waals surface area contributed by atoms with Gasteiger partial charge in [-0.1, -0.05) is 49.1 Å². The number of rotatable bonds is 8. The fourth-order valence-corrected chi connectivity index (χ4v) is 5.69. The molecule has 2 aromatic heterocycles. The van der Waals surface area contributed by atoms with Crippen molar-refractivity contribution < 1.29 is 9.47 Å². The van der Waals surface area contributed by atoms with Crippen LogP contribution in [0.4, 0.5) is 0 Å². The van der Waals surface area contributed by atoms with E-state index in [0.717, 1.165) is 38.2 Å². The number of ether oxygens (including phenoxy) is 2. The Morgan fingerprint density at radius 3 is 2.00 bits per heavy atom. The number of hydrogen-bond donors (Lipinski definition) is 2.